The van der Waals surface area contributed by atoms with Gasteiger partial charge in [-0.1, -0.05) is 43.2 Å². The van der Waals surface area contributed by atoms with Crippen LogP contribution in [0.4, 0.5) is 0 Å². The summed E-state index contributed by atoms with van der Waals surface area (Å²) in [7, 11) is 0. The Bertz CT molecular complexity index is 1020. The van der Waals surface area contributed by atoms with E-state index in [1.807, 2.05) is 6.08 Å². The van der Waals surface area contributed by atoms with Gasteiger partial charge in [-0.3, -0.25) is 4.79 Å². The number of benzene rings is 1. The number of aliphatic hydroxyl groups is 2. The summed E-state index contributed by atoms with van der Waals surface area (Å²) in [5, 5.41) is 26.0. The number of fused-ring (bicyclic) bond motifs is 5. The van der Waals surface area contributed by atoms with Gasteiger partial charge >= 0.3 is 0 Å². The average molecular weight is 498 g/mol. The molecule has 0 heterocycles. The van der Waals surface area contributed by atoms with Gasteiger partial charge in [0.05, 0.1) is 11.7 Å². The second kappa shape index (κ2) is 9.04. The van der Waals surface area contributed by atoms with E-state index in [1.165, 1.54) is 5.57 Å². The maximum atomic E-state index is 12.9. The first-order chi connectivity index (χ1) is 16.6. The summed E-state index contributed by atoms with van der Waals surface area (Å²) < 4.78 is 0. The van der Waals surface area contributed by atoms with E-state index >= 15 is 0 Å². The summed E-state index contributed by atoms with van der Waals surface area (Å²) in [5.41, 5.74) is 1.31. The number of allylic oxidation sites excluding steroid dienone is 1. The maximum Gasteiger partial charge on any atom is 0.251 e. The molecule has 4 nitrogen and oxygen atoms in total. The average Bonchev–Trinajstić information content (AvgIpc) is 3.04. The molecule has 0 bridgehead atoms. The zero-order valence-corrected chi connectivity index (χ0v) is 21.9. The maximum absolute atomic E-state index is 12.9. The number of carbonyl (C=O) groups is 1. The standard InChI is InChI=1S/C30H40ClNO3/c1-4-13-30(35)17-25-23-10-7-20-16-22(33)11-14-28(20,2)24(23)12-15-29(25,3)26(30)18-32-27(34)19-5-8-21(31)9-6-19/h4-9,22-26,33,35H,1,10-18H2,2-3H3,(H,32,34)/t22-,23+,24-,25-,26+,28-,29-,30-/m0/s1. The molecule has 0 unspecified atom stereocenters. The van der Waals surface area contributed by atoms with Crippen LogP contribution in [0.15, 0.2) is 48.6 Å². The molecule has 3 fully saturated rings. The van der Waals surface area contributed by atoms with Crippen LogP contribution in [0.2, 0.25) is 5.02 Å². The monoisotopic (exact) mass is 497 g/mol. The van der Waals surface area contributed by atoms with Crippen LogP contribution in [0.5, 0.6) is 0 Å². The first-order valence-corrected chi connectivity index (χ1v) is 13.7. The third-order valence-electron chi connectivity index (χ3n) is 10.6. The Kier molecular flexibility index (Phi) is 6.47. The van der Waals surface area contributed by atoms with Crippen LogP contribution in [0.3, 0.4) is 0 Å². The molecule has 8 atom stereocenters. The molecule has 1 aromatic rings. The Labute approximate surface area is 214 Å². The molecule has 0 spiro atoms. The molecule has 4 aliphatic carbocycles. The Morgan fingerprint density at radius 2 is 1.94 bits per heavy atom. The minimum Gasteiger partial charge on any atom is -0.393 e. The molecule has 1 aromatic carbocycles. The smallest absolute Gasteiger partial charge is 0.251 e. The van der Waals surface area contributed by atoms with Gasteiger partial charge in [0.1, 0.15) is 0 Å². The van der Waals surface area contributed by atoms with Gasteiger partial charge in [-0.15, -0.1) is 6.58 Å². The largest absolute Gasteiger partial charge is 0.393 e. The van der Waals surface area contributed by atoms with Crippen molar-refractivity contribution in [3.05, 3.63) is 59.2 Å². The predicted molar refractivity (Wildman–Crippen MR) is 140 cm³/mol. The predicted octanol–water partition coefficient (Wildman–Crippen LogP) is 5.93. The van der Waals surface area contributed by atoms with Gasteiger partial charge in [-0.05, 0) is 104 Å². The molecule has 4 aliphatic rings. The quantitative estimate of drug-likeness (QED) is 0.442. The Morgan fingerprint density at radius 1 is 1.20 bits per heavy atom. The van der Waals surface area contributed by atoms with E-state index in [4.69, 9.17) is 11.6 Å². The summed E-state index contributed by atoms with van der Waals surface area (Å²) >= 11 is 5.99. The van der Waals surface area contributed by atoms with E-state index in [1.54, 1.807) is 24.3 Å². The highest BCUT2D eigenvalue weighted by atomic mass is 35.5. The lowest BCUT2D eigenvalue weighted by molar-refractivity contribution is -0.0588. The summed E-state index contributed by atoms with van der Waals surface area (Å²) in [6.07, 6.45) is 11.4. The Hall–Kier alpha value is -1.62. The number of carbonyl (C=O) groups excluding carboxylic acids is 1. The lowest BCUT2D eigenvalue weighted by Gasteiger charge is -2.58. The van der Waals surface area contributed by atoms with E-state index < -0.39 is 5.60 Å². The van der Waals surface area contributed by atoms with Crippen molar-refractivity contribution in [3.63, 3.8) is 0 Å². The van der Waals surface area contributed by atoms with E-state index in [9.17, 15) is 15.0 Å². The topological polar surface area (TPSA) is 69.6 Å². The molecule has 0 aliphatic heterocycles. The van der Waals surface area contributed by atoms with Crippen molar-refractivity contribution in [2.75, 3.05) is 6.54 Å². The van der Waals surface area contributed by atoms with Crippen LogP contribution < -0.4 is 5.32 Å². The summed E-state index contributed by atoms with van der Waals surface area (Å²) in [5.74, 6) is 1.39. The molecule has 0 radical (unpaired) electrons. The summed E-state index contributed by atoms with van der Waals surface area (Å²) in [6.45, 7) is 9.21. The lowest BCUT2D eigenvalue weighted by atomic mass is 9.47. The van der Waals surface area contributed by atoms with Crippen molar-refractivity contribution in [1.82, 2.24) is 5.32 Å². The summed E-state index contributed by atoms with van der Waals surface area (Å²) in [4.78, 5) is 12.9. The highest BCUT2D eigenvalue weighted by Gasteiger charge is 2.64. The van der Waals surface area contributed by atoms with Gasteiger partial charge in [-0.2, -0.15) is 0 Å². The third kappa shape index (κ3) is 4.10. The first kappa shape index (κ1) is 25.0. The molecule has 0 aromatic heterocycles. The fourth-order valence-corrected chi connectivity index (χ4v) is 8.87. The van der Waals surface area contributed by atoms with Crippen molar-refractivity contribution in [2.45, 2.75) is 76.9 Å². The minimum atomic E-state index is -0.864. The normalized spacial score (nSPS) is 42.3. The molecule has 5 heteroatoms. The molecule has 1 amide bonds. The Balaban J connectivity index is 1.40. The highest BCUT2D eigenvalue weighted by Crippen LogP contribution is 2.68. The van der Waals surface area contributed by atoms with Gasteiger partial charge in [-0.25, -0.2) is 0 Å². The lowest BCUT2D eigenvalue weighted by Crippen LogP contribution is -2.52. The van der Waals surface area contributed by atoms with Crippen molar-refractivity contribution in [2.24, 2.45) is 34.5 Å². The van der Waals surface area contributed by atoms with E-state index in [0.717, 1.165) is 44.9 Å². The Morgan fingerprint density at radius 3 is 2.66 bits per heavy atom. The molecule has 35 heavy (non-hydrogen) atoms. The van der Waals surface area contributed by atoms with Gasteiger partial charge in [0.2, 0.25) is 0 Å². The molecule has 0 saturated heterocycles. The van der Waals surface area contributed by atoms with Crippen molar-refractivity contribution >= 4 is 17.5 Å². The van der Waals surface area contributed by atoms with Crippen LogP contribution in [0, 0.1) is 34.5 Å². The number of hydrogen-bond donors (Lipinski definition) is 3. The van der Waals surface area contributed by atoms with Crippen LogP contribution in [-0.2, 0) is 0 Å². The van der Waals surface area contributed by atoms with Gasteiger partial charge in [0.15, 0.2) is 0 Å². The van der Waals surface area contributed by atoms with Crippen LogP contribution in [0.25, 0.3) is 0 Å². The number of nitrogens with one attached hydrogen (secondary N) is 1. The fourth-order valence-electron chi connectivity index (χ4n) is 8.74. The summed E-state index contributed by atoms with van der Waals surface area (Å²) in [6, 6.07) is 6.94. The van der Waals surface area contributed by atoms with Crippen LogP contribution in [0.1, 0.15) is 75.6 Å². The second-order valence-electron chi connectivity index (χ2n) is 12.3. The first-order valence-electron chi connectivity index (χ1n) is 13.4. The van der Waals surface area contributed by atoms with Gasteiger partial charge < -0.3 is 15.5 Å². The van der Waals surface area contributed by atoms with E-state index in [-0.39, 0.29) is 28.8 Å². The molecule has 3 saturated carbocycles. The van der Waals surface area contributed by atoms with E-state index in [2.05, 4.69) is 31.8 Å². The van der Waals surface area contributed by atoms with Gasteiger partial charge in [0.25, 0.3) is 5.91 Å². The van der Waals surface area contributed by atoms with Crippen molar-refractivity contribution in [3.8, 4) is 0 Å². The zero-order valence-electron chi connectivity index (χ0n) is 21.1. The molecule has 190 valence electrons. The molecular weight excluding hydrogens is 458 g/mol. The second-order valence-corrected chi connectivity index (χ2v) is 12.7. The third-order valence-corrected chi connectivity index (χ3v) is 10.9. The van der Waals surface area contributed by atoms with Crippen LogP contribution >= 0.6 is 11.6 Å². The number of halogens is 1. The number of hydrogen-bond acceptors (Lipinski definition) is 3. The van der Waals surface area contributed by atoms with Crippen LogP contribution in [-0.4, -0.2) is 34.4 Å². The zero-order chi connectivity index (χ0) is 25.0. The number of amides is 1. The molecule has 5 rings (SSSR count). The van der Waals surface area contributed by atoms with Crippen molar-refractivity contribution in [1.29, 1.82) is 0 Å². The number of rotatable bonds is 5. The fraction of sp³-hybridized carbons (Fsp3) is 0.633. The highest BCUT2D eigenvalue weighted by molar-refractivity contribution is 6.30. The van der Waals surface area contributed by atoms with Crippen molar-refractivity contribution < 1.29 is 15.0 Å². The number of aliphatic hydroxyl groups excluding tert-OH is 1. The van der Waals surface area contributed by atoms with Gasteiger partial charge in [0, 0.05) is 23.0 Å². The molecular formula is C30H40ClNO3. The minimum absolute atomic E-state index is 0.0263. The SMILES string of the molecule is C=CC[C@]1(O)C[C@H]2[C@@H]3CC=C4C[C@@H](O)CC[C@]4(C)[C@H]3CC[C@]2(C)[C@H]1CNC(=O)c1ccc(Cl)cc1. The molecule has 3 N–H and O–H groups in total. The van der Waals surface area contributed by atoms with E-state index in [0.29, 0.717) is 41.3 Å².